The maximum Gasteiger partial charge on any atom is 0.0787 e. The lowest BCUT2D eigenvalue weighted by molar-refractivity contribution is 0.173. The van der Waals surface area contributed by atoms with Crippen molar-refractivity contribution < 1.29 is 10.2 Å². The van der Waals surface area contributed by atoms with Crippen LogP contribution in [0.5, 0.6) is 0 Å². The smallest absolute Gasteiger partial charge is 0.0787 e. The Morgan fingerprint density at radius 2 is 1.81 bits per heavy atom. The number of nitrogens with zero attached hydrogens (tertiary/aromatic N) is 1. The molecule has 0 aromatic heterocycles. The minimum Gasteiger partial charge on any atom is -0.394 e. The average molecular weight is 223 g/mol. The first kappa shape index (κ1) is 13.0. The van der Waals surface area contributed by atoms with Gasteiger partial charge in [0.1, 0.15) is 0 Å². The number of hydrogen-bond acceptors (Lipinski definition) is 3. The van der Waals surface area contributed by atoms with Gasteiger partial charge in [-0.25, -0.2) is 0 Å². The Morgan fingerprint density at radius 1 is 1.25 bits per heavy atom. The molecule has 0 radical (unpaired) electrons. The maximum atomic E-state index is 9.66. The van der Waals surface area contributed by atoms with E-state index in [1.165, 1.54) is 0 Å². The third kappa shape index (κ3) is 2.97. The Kier molecular flexibility index (Phi) is 4.77. The van der Waals surface area contributed by atoms with Crippen LogP contribution in [0.15, 0.2) is 24.3 Å². The van der Waals surface area contributed by atoms with E-state index >= 15 is 0 Å². The van der Waals surface area contributed by atoms with Crippen molar-refractivity contribution in [2.24, 2.45) is 0 Å². The molecule has 2 unspecified atom stereocenters. The molecule has 16 heavy (non-hydrogen) atoms. The highest BCUT2D eigenvalue weighted by molar-refractivity contribution is 5.48. The highest BCUT2D eigenvalue weighted by atomic mass is 16.3. The van der Waals surface area contributed by atoms with Gasteiger partial charge < -0.3 is 15.1 Å². The minimum atomic E-state index is -0.380. The molecule has 90 valence electrons. The van der Waals surface area contributed by atoms with Crippen LogP contribution in [0.2, 0.25) is 0 Å². The first-order valence-corrected chi connectivity index (χ1v) is 5.71. The van der Waals surface area contributed by atoms with Gasteiger partial charge in [-0.3, -0.25) is 0 Å². The van der Waals surface area contributed by atoms with Crippen LogP contribution >= 0.6 is 0 Å². The fraction of sp³-hybridized carbons (Fsp3) is 0.538. The van der Waals surface area contributed by atoms with Crippen molar-refractivity contribution in [3.63, 3.8) is 0 Å². The van der Waals surface area contributed by atoms with Gasteiger partial charge in [0.2, 0.25) is 0 Å². The second kappa shape index (κ2) is 5.87. The molecular formula is C13H21NO2. The molecule has 0 aliphatic carbocycles. The fourth-order valence-electron chi connectivity index (χ4n) is 1.54. The molecule has 3 heteroatoms. The number of benzene rings is 1. The summed E-state index contributed by atoms with van der Waals surface area (Å²) in [5.41, 5.74) is 1.99. The van der Waals surface area contributed by atoms with E-state index in [0.717, 1.165) is 17.7 Å². The Bertz CT molecular complexity index is 310. The van der Waals surface area contributed by atoms with Crippen molar-refractivity contribution in [2.45, 2.75) is 32.4 Å². The van der Waals surface area contributed by atoms with Crippen LogP contribution in [0.3, 0.4) is 0 Å². The van der Waals surface area contributed by atoms with Gasteiger partial charge in [-0.15, -0.1) is 0 Å². The molecule has 0 amide bonds. The van der Waals surface area contributed by atoms with Crippen molar-refractivity contribution in [2.75, 3.05) is 18.6 Å². The molecule has 1 rings (SSSR count). The summed E-state index contributed by atoms with van der Waals surface area (Å²) in [4.78, 5) is 2.02. The molecule has 0 saturated carbocycles. The molecule has 0 aliphatic heterocycles. The lowest BCUT2D eigenvalue weighted by Crippen LogP contribution is -2.31. The summed E-state index contributed by atoms with van der Waals surface area (Å²) >= 11 is 0. The number of anilines is 1. The van der Waals surface area contributed by atoms with E-state index in [-0.39, 0.29) is 18.8 Å². The Hall–Kier alpha value is -1.06. The highest BCUT2D eigenvalue weighted by Gasteiger charge is 2.09. The molecule has 0 aliphatic rings. The van der Waals surface area contributed by atoms with Gasteiger partial charge in [-0.05, 0) is 31.0 Å². The average Bonchev–Trinajstić information content (AvgIpc) is 2.36. The van der Waals surface area contributed by atoms with Crippen LogP contribution in [-0.4, -0.2) is 29.9 Å². The zero-order chi connectivity index (χ0) is 12.1. The maximum absolute atomic E-state index is 9.66. The van der Waals surface area contributed by atoms with Crippen LogP contribution in [-0.2, 0) is 0 Å². The number of aliphatic hydroxyl groups excluding tert-OH is 2. The second-order valence-electron chi connectivity index (χ2n) is 4.16. The molecule has 0 spiro atoms. The van der Waals surface area contributed by atoms with Crippen LogP contribution in [0.1, 0.15) is 31.9 Å². The lowest BCUT2D eigenvalue weighted by Gasteiger charge is -2.25. The van der Waals surface area contributed by atoms with Crippen molar-refractivity contribution in [1.82, 2.24) is 0 Å². The monoisotopic (exact) mass is 223 g/mol. The van der Waals surface area contributed by atoms with Gasteiger partial charge >= 0.3 is 0 Å². The van der Waals surface area contributed by atoms with Gasteiger partial charge in [-0.1, -0.05) is 19.1 Å². The van der Waals surface area contributed by atoms with Gasteiger partial charge in [0.05, 0.1) is 12.7 Å². The number of aliphatic hydroxyl groups is 2. The van der Waals surface area contributed by atoms with Crippen LogP contribution in [0.4, 0.5) is 5.69 Å². The minimum absolute atomic E-state index is 0.0990. The third-order valence-corrected chi connectivity index (χ3v) is 3.00. The lowest BCUT2D eigenvalue weighted by atomic mass is 10.1. The summed E-state index contributed by atoms with van der Waals surface area (Å²) in [6.07, 6.45) is 0.344. The van der Waals surface area contributed by atoms with Crippen LogP contribution in [0.25, 0.3) is 0 Å². The molecule has 2 N–H and O–H groups in total. The Morgan fingerprint density at radius 3 is 2.25 bits per heavy atom. The van der Waals surface area contributed by atoms with Gasteiger partial charge in [0.25, 0.3) is 0 Å². The summed E-state index contributed by atoms with van der Waals surface area (Å²) in [7, 11) is 1.95. The zero-order valence-electron chi connectivity index (χ0n) is 10.2. The number of rotatable bonds is 5. The van der Waals surface area contributed by atoms with Crippen molar-refractivity contribution in [3.05, 3.63) is 29.8 Å². The van der Waals surface area contributed by atoms with E-state index in [1.54, 1.807) is 0 Å². The Balaban J connectivity index is 2.78. The standard InChI is InChI=1S/C13H21NO2/c1-4-13(16)11-5-7-12(8-6-11)14(3)10(2)9-15/h5-8,10,13,15-16H,4,9H2,1-3H3. The van der Waals surface area contributed by atoms with E-state index in [0.29, 0.717) is 0 Å². The van der Waals surface area contributed by atoms with Gasteiger partial charge in [0, 0.05) is 18.8 Å². The topological polar surface area (TPSA) is 43.7 Å². The third-order valence-electron chi connectivity index (χ3n) is 3.00. The van der Waals surface area contributed by atoms with Crippen LogP contribution in [0, 0.1) is 0 Å². The highest BCUT2D eigenvalue weighted by Crippen LogP contribution is 2.21. The predicted molar refractivity (Wildman–Crippen MR) is 66.6 cm³/mol. The second-order valence-corrected chi connectivity index (χ2v) is 4.16. The molecule has 0 bridgehead atoms. The Labute approximate surface area is 97.3 Å². The van der Waals surface area contributed by atoms with E-state index in [9.17, 15) is 5.11 Å². The molecule has 0 fully saturated rings. The molecule has 3 nitrogen and oxygen atoms in total. The summed E-state index contributed by atoms with van der Waals surface area (Å²) in [5.74, 6) is 0. The van der Waals surface area contributed by atoms with Crippen molar-refractivity contribution in [1.29, 1.82) is 0 Å². The number of likely N-dealkylation sites (N-methyl/N-ethyl adjacent to an activating group) is 1. The van der Waals surface area contributed by atoms with E-state index in [2.05, 4.69) is 0 Å². The van der Waals surface area contributed by atoms with Crippen molar-refractivity contribution in [3.8, 4) is 0 Å². The van der Waals surface area contributed by atoms with Crippen LogP contribution < -0.4 is 4.90 Å². The molecule has 2 atom stereocenters. The zero-order valence-corrected chi connectivity index (χ0v) is 10.2. The summed E-state index contributed by atoms with van der Waals surface area (Å²) < 4.78 is 0. The molecule has 0 saturated heterocycles. The van der Waals surface area contributed by atoms with E-state index in [4.69, 9.17) is 5.11 Å². The molecular weight excluding hydrogens is 202 g/mol. The molecule has 1 aromatic rings. The largest absolute Gasteiger partial charge is 0.394 e. The van der Waals surface area contributed by atoms with Gasteiger partial charge in [-0.2, -0.15) is 0 Å². The normalized spacial score (nSPS) is 14.6. The predicted octanol–water partition coefficient (Wildman–Crippen LogP) is 1.95. The summed E-state index contributed by atoms with van der Waals surface area (Å²) in [6, 6.07) is 7.91. The van der Waals surface area contributed by atoms with E-state index in [1.807, 2.05) is 50.1 Å². The fourth-order valence-corrected chi connectivity index (χ4v) is 1.54. The first-order valence-electron chi connectivity index (χ1n) is 5.71. The molecule has 1 aromatic carbocycles. The number of hydrogen-bond donors (Lipinski definition) is 2. The van der Waals surface area contributed by atoms with Crippen molar-refractivity contribution >= 4 is 5.69 Å². The van der Waals surface area contributed by atoms with Gasteiger partial charge in [0.15, 0.2) is 0 Å². The summed E-state index contributed by atoms with van der Waals surface area (Å²) in [5, 5.41) is 18.7. The molecule has 0 heterocycles. The first-order chi connectivity index (χ1) is 7.60. The van der Waals surface area contributed by atoms with E-state index < -0.39 is 0 Å². The quantitative estimate of drug-likeness (QED) is 0.802. The summed E-state index contributed by atoms with van der Waals surface area (Å²) in [6.45, 7) is 4.06. The SMILES string of the molecule is CCC(O)c1ccc(N(C)C(C)CO)cc1.